The van der Waals surface area contributed by atoms with Crippen molar-refractivity contribution in [2.45, 2.75) is 42.6 Å². The Balaban J connectivity index is 0.000000404. The van der Waals surface area contributed by atoms with Crippen LogP contribution in [0.25, 0.3) is 0 Å². The Labute approximate surface area is 208 Å². The number of aliphatic carboxylic acids is 2. The molecule has 0 bridgehead atoms. The van der Waals surface area contributed by atoms with Crippen LogP contribution in [-0.4, -0.2) is 104 Å². The second kappa shape index (κ2) is 12.8. The molecule has 2 aliphatic rings. The van der Waals surface area contributed by atoms with Crippen molar-refractivity contribution < 1.29 is 59.3 Å². The minimum Gasteiger partial charge on any atom is -0.475 e. The maximum atomic E-state index is 12.7. The van der Waals surface area contributed by atoms with Crippen LogP contribution in [0.15, 0.2) is 29.4 Å². The number of aromatic nitrogens is 1. The van der Waals surface area contributed by atoms with Crippen LogP contribution in [-0.2, 0) is 24.3 Å². The van der Waals surface area contributed by atoms with Crippen LogP contribution >= 0.6 is 0 Å². The summed E-state index contributed by atoms with van der Waals surface area (Å²) in [5.41, 5.74) is 0.235. The van der Waals surface area contributed by atoms with Crippen LogP contribution in [0.3, 0.4) is 0 Å². The summed E-state index contributed by atoms with van der Waals surface area (Å²) in [5, 5.41) is 14.2. The zero-order chi connectivity index (χ0) is 28.7. The molecule has 2 fully saturated rings. The molecule has 2 saturated heterocycles. The number of carboxylic acid groups (broad SMARTS) is 2. The van der Waals surface area contributed by atoms with Gasteiger partial charge in [0.05, 0.1) is 6.61 Å². The molecule has 3 rings (SSSR count). The normalized spacial score (nSPS) is 20.4. The second-order valence-corrected chi connectivity index (χ2v) is 10.4. The number of carboxylic acids is 2. The van der Waals surface area contributed by atoms with Gasteiger partial charge in [-0.15, -0.1) is 0 Å². The number of alkyl halides is 6. The summed E-state index contributed by atoms with van der Waals surface area (Å²) >= 11 is 0. The number of rotatable bonds is 4. The minimum atomic E-state index is -5.08. The zero-order valence-electron chi connectivity index (χ0n) is 19.8. The van der Waals surface area contributed by atoms with Gasteiger partial charge in [0, 0.05) is 45.2 Å². The first-order valence-electron chi connectivity index (χ1n) is 10.6. The number of sulfonamides is 1. The van der Waals surface area contributed by atoms with Crippen molar-refractivity contribution in [3.05, 3.63) is 24.5 Å². The summed E-state index contributed by atoms with van der Waals surface area (Å²) < 4.78 is 95.7. The molecule has 1 spiro atoms. The minimum absolute atomic E-state index is 0.235. The first-order valence-corrected chi connectivity index (χ1v) is 12.0. The van der Waals surface area contributed by atoms with E-state index in [2.05, 4.69) is 16.9 Å². The molecule has 17 heteroatoms. The van der Waals surface area contributed by atoms with Gasteiger partial charge >= 0.3 is 24.3 Å². The van der Waals surface area contributed by atoms with E-state index in [0.29, 0.717) is 19.1 Å². The quantitative estimate of drug-likeness (QED) is 0.526. The Kier molecular flexibility index (Phi) is 11.3. The molecule has 0 aromatic carbocycles. The van der Waals surface area contributed by atoms with Gasteiger partial charge in [0.1, 0.15) is 4.90 Å². The van der Waals surface area contributed by atoms with Crippen LogP contribution in [0.5, 0.6) is 0 Å². The third kappa shape index (κ3) is 9.71. The first kappa shape index (κ1) is 32.5. The Morgan fingerprint density at radius 1 is 1.11 bits per heavy atom. The maximum Gasteiger partial charge on any atom is 0.490 e. The van der Waals surface area contributed by atoms with Gasteiger partial charge in [-0.05, 0) is 43.9 Å². The van der Waals surface area contributed by atoms with E-state index in [0.717, 1.165) is 32.4 Å². The number of nitrogens with zero attached hydrogens (tertiary/aromatic N) is 3. The molecular formula is C20H27F6N3O7S. The molecule has 2 aliphatic heterocycles. The van der Waals surface area contributed by atoms with E-state index in [4.69, 9.17) is 24.5 Å². The van der Waals surface area contributed by atoms with Gasteiger partial charge in [-0.1, -0.05) is 0 Å². The van der Waals surface area contributed by atoms with Crippen LogP contribution in [0.1, 0.15) is 19.3 Å². The molecule has 0 amide bonds. The molecule has 37 heavy (non-hydrogen) atoms. The number of pyridine rings is 1. The molecule has 0 aliphatic carbocycles. The van der Waals surface area contributed by atoms with Gasteiger partial charge in [-0.3, -0.25) is 4.98 Å². The third-order valence-electron chi connectivity index (χ3n) is 5.78. The maximum absolute atomic E-state index is 12.7. The van der Waals surface area contributed by atoms with E-state index in [9.17, 15) is 34.8 Å². The van der Waals surface area contributed by atoms with Crippen molar-refractivity contribution in [1.29, 1.82) is 0 Å². The van der Waals surface area contributed by atoms with E-state index in [-0.39, 0.29) is 10.3 Å². The number of ether oxygens (including phenoxy) is 1. The number of likely N-dealkylation sites (N-methyl/N-ethyl adjacent to an activating group) is 1. The van der Waals surface area contributed by atoms with Crippen LogP contribution in [0.2, 0.25) is 0 Å². The highest BCUT2D eigenvalue weighted by atomic mass is 32.2. The largest absolute Gasteiger partial charge is 0.490 e. The first-order chi connectivity index (χ1) is 16.9. The van der Waals surface area contributed by atoms with E-state index in [1.54, 1.807) is 29.7 Å². The van der Waals surface area contributed by atoms with Gasteiger partial charge in [0.2, 0.25) is 10.0 Å². The van der Waals surface area contributed by atoms with Gasteiger partial charge in [-0.2, -0.15) is 30.6 Å². The van der Waals surface area contributed by atoms with Gasteiger partial charge in [-0.25, -0.2) is 18.0 Å². The Hall–Kier alpha value is -2.50. The molecule has 212 valence electrons. The van der Waals surface area contributed by atoms with Crippen LogP contribution in [0.4, 0.5) is 26.3 Å². The smallest absolute Gasteiger partial charge is 0.475 e. The lowest BCUT2D eigenvalue weighted by molar-refractivity contribution is -0.193. The number of likely N-dealkylation sites (tertiary alicyclic amines) is 1. The average Bonchev–Trinajstić information content (AvgIpc) is 3.08. The summed E-state index contributed by atoms with van der Waals surface area (Å²) in [6, 6.07) is 3.73. The molecule has 10 nitrogen and oxygen atoms in total. The predicted molar refractivity (Wildman–Crippen MR) is 115 cm³/mol. The Morgan fingerprint density at radius 2 is 1.59 bits per heavy atom. The van der Waals surface area contributed by atoms with E-state index in [1.165, 1.54) is 6.20 Å². The van der Waals surface area contributed by atoms with Gasteiger partial charge < -0.3 is 19.8 Å². The second-order valence-electron chi connectivity index (χ2n) is 8.43. The lowest BCUT2D eigenvalue weighted by atomic mass is 9.77. The van der Waals surface area contributed by atoms with Crippen LogP contribution in [0, 0.1) is 5.41 Å². The van der Waals surface area contributed by atoms with E-state index >= 15 is 0 Å². The molecule has 1 aromatic rings. The predicted octanol–water partition coefficient (Wildman–Crippen LogP) is 2.47. The highest BCUT2D eigenvalue weighted by Gasteiger charge is 2.45. The molecule has 1 aromatic heterocycles. The highest BCUT2D eigenvalue weighted by Crippen LogP contribution is 2.43. The molecule has 3 heterocycles. The summed E-state index contributed by atoms with van der Waals surface area (Å²) in [5.74, 6) is -5.51. The Morgan fingerprint density at radius 3 is 1.97 bits per heavy atom. The number of hydrogen-bond donors (Lipinski definition) is 2. The molecule has 1 atom stereocenters. The third-order valence-corrected chi connectivity index (χ3v) is 7.66. The average molecular weight is 568 g/mol. The zero-order valence-corrected chi connectivity index (χ0v) is 20.6. The van der Waals surface area contributed by atoms with E-state index < -0.39 is 34.3 Å². The standard InChI is InChI=1S/C16H25N3O3S.2C2HF3O2/c1-18-13-16(10-14(18)12-22-2)5-8-19(9-6-16)23(20,21)15-4-3-7-17-11-15;2*3-2(4,5)1(6)7/h3-4,7,11,14H,5-6,8-10,12-13H2,1-2H3;2*(H,6,7). The topological polar surface area (TPSA) is 137 Å². The van der Waals surface area contributed by atoms with Gasteiger partial charge in [0.15, 0.2) is 0 Å². The molecule has 0 radical (unpaired) electrons. The fourth-order valence-corrected chi connectivity index (χ4v) is 5.37. The SMILES string of the molecule is COCC1CC2(CCN(S(=O)(=O)c3cccnc3)CC2)CN1C.O=C(O)C(F)(F)F.O=C(O)C(F)(F)F. The van der Waals surface area contributed by atoms with Crippen molar-refractivity contribution in [2.75, 3.05) is 40.4 Å². The van der Waals surface area contributed by atoms with Crippen molar-refractivity contribution in [1.82, 2.24) is 14.2 Å². The van der Waals surface area contributed by atoms with Crippen molar-refractivity contribution in [3.63, 3.8) is 0 Å². The summed E-state index contributed by atoms with van der Waals surface area (Å²) in [4.78, 5) is 24.4. The fourth-order valence-electron chi connectivity index (χ4n) is 3.97. The highest BCUT2D eigenvalue weighted by molar-refractivity contribution is 7.89. The summed E-state index contributed by atoms with van der Waals surface area (Å²) in [7, 11) is 0.461. The van der Waals surface area contributed by atoms with Crippen molar-refractivity contribution in [2.24, 2.45) is 5.41 Å². The van der Waals surface area contributed by atoms with E-state index in [1.807, 2.05) is 0 Å². The number of carbonyl (C=O) groups is 2. The molecule has 0 saturated carbocycles. The number of halogens is 6. The van der Waals surface area contributed by atoms with Gasteiger partial charge in [0.25, 0.3) is 0 Å². The number of hydrogen-bond acceptors (Lipinski definition) is 7. The number of methoxy groups -OCH3 is 1. The summed E-state index contributed by atoms with van der Waals surface area (Å²) in [6.07, 6.45) is -4.22. The molecule has 2 N–H and O–H groups in total. The molecular weight excluding hydrogens is 540 g/mol. The fraction of sp³-hybridized carbons (Fsp3) is 0.650. The number of piperidine rings is 1. The monoisotopic (exact) mass is 567 g/mol. The lowest BCUT2D eigenvalue weighted by Crippen LogP contribution is -2.44. The lowest BCUT2D eigenvalue weighted by Gasteiger charge is -2.38. The van der Waals surface area contributed by atoms with Crippen LogP contribution < -0.4 is 0 Å². The van der Waals surface area contributed by atoms with Crippen molar-refractivity contribution >= 4 is 22.0 Å². The molecule has 1 unspecified atom stereocenters. The van der Waals surface area contributed by atoms with Crippen molar-refractivity contribution in [3.8, 4) is 0 Å². The Bertz CT molecular complexity index is 974. The summed E-state index contributed by atoms with van der Waals surface area (Å²) in [6.45, 7) is 2.95.